The number of unbranched alkanes of at least 4 members (excludes halogenated alkanes) is 50. The van der Waals surface area contributed by atoms with Crippen molar-refractivity contribution >= 4 is 39.5 Å². The summed E-state index contributed by atoms with van der Waals surface area (Å²) in [7, 11) is -9.96. The maximum Gasteiger partial charge on any atom is 0.472 e. The van der Waals surface area contributed by atoms with E-state index in [9.17, 15) is 43.2 Å². The summed E-state index contributed by atoms with van der Waals surface area (Å²) in [6, 6.07) is 0. The van der Waals surface area contributed by atoms with Gasteiger partial charge in [-0.1, -0.05) is 385 Å². The Morgan fingerprint density at radius 2 is 0.472 bits per heavy atom. The molecule has 0 aliphatic rings. The van der Waals surface area contributed by atoms with E-state index in [1.165, 1.54) is 250 Å². The van der Waals surface area contributed by atoms with Gasteiger partial charge in [-0.2, -0.15) is 0 Å². The number of phosphoric ester groups is 2. The van der Waals surface area contributed by atoms with E-state index >= 15 is 0 Å². The molecule has 0 rings (SSSR count). The van der Waals surface area contributed by atoms with Gasteiger partial charge in [-0.25, -0.2) is 9.13 Å². The normalized spacial score (nSPS) is 14.0. The van der Waals surface area contributed by atoms with E-state index in [1.54, 1.807) is 0 Å². The van der Waals surface area contributed by atoms with Crippen molar-refractivity contribution < 1.29 is 80.2 Å². The van der Waals surface area contributed by atoms with Crippen LogP contribution in [0.1, 0.15) is 426 Å². The van der Waals surface area contributed by atoms with Crippen LogP contribution in [0.5, 0.6) is 0 Å². The lowest BCUT2D eigenvalue weighted by Crippen LogP contribution is -2.30. The molecule has 0 aromatic carbocycles. The summed E-state index contributed by atoms with van der Waals surface area (Å²) >= 11 is 0. The van der Waals surface area contributed by atoms with Crippen LogP contribution in [0.4, 0.5) is 0 Å². The molecule has 19 heteroatoms. The Bertz CT molecular complexity index is 2190. The molecule has 0 fully saturated rings. The number of allylic oxidation sites excluding steroid dienone is 8. The highest BCUT2D eigenvalue weighted by Gasteiger charge is 2.30. The molecule has 5 atom stereocenters. The number of aliphatic hydroxyl groups is 1. The molecular formula is C87H162O17P2. The minimum Gasteiger partial charge on any atom is -0.462 e. The zero-order valence-electron chi connectivity index (χ0n) is 68.4. The van der Waals surface area contributed by atoms with Crippen LogP contribution in [0.15, 0.2) is 48.6 Å². The van der Waals surface area contributed by atoms with Crippen molar-refractivity contribution in [2.75, 3.05) is 39.6 Å². The molecule has 0 aromatic rings. The average molecular weight is 1540 g/mol. The summed E-state index contributed by atoms with van der Waals surface area (Å²) in [4.78, 5) is 73.2. The fourth-order valence-electron chi connectivity index (χ4n) is 12.6. The van der Waals surface area contributed by atoms with Gasteiger partial charge in [-0.15, -0.1) is 0 Å². The van der Waals surface area contributed by atoms with Gasteiger partial charge in [0.15, 0.2) is 12.2 Å². The number of hydrogen-bond acceptors (Lipinski definition) is 15. The molecule has 0 heterocycles. The highest BCUT2D eigenvalue weighted by Crippen LogP contribution is 2.45. The quantitative estimate of drug-likeness (QED) is 0.0169. The molecule has 0 aliphatic heterocycles. The topological polar surface area (TPSA) is 237 Å². The zero-order chi connectivity index (χ0) is 77.4. The maximum atomic E-state index is 13.1. The first kappa shape index (κ1) is 103. The Hall–Kier alpha value is -2.98. The minimum atomic E-state index is -4.99. The third kappa shape index (κ3) is 79.1. The molecule has 0 radical (unpaired) electrons. The molecule has 0 aliphatic carbocycles. The first-order chi connectivity index (χ1) is 51.7. The number of carbonyl (C=O) groups is 4. The second-order valence-electron chi connectivity index (χ2n) is 29.9. The molecule has 0 saturated heterocycles. The van der Waals surface area contributed by atoms with Crippen LogP contribution in [0.3, 0.4) is 0 Å². The van der Waals surface area contributed by atoms with E-state index in [0.717, 1.165) is 89.9 Å². The monoisotopic (exact) mass is 1540 g/mol. The molecule has 0 amide bonds. The fraction of sp³-hybridized carbons (Fsp3) is 0.862. The van der Waals surface area contributed by atoms with Crippen molar-refractivity contribution in [1.29, 1.82) is 0 Å². The van der Waals surface area contributed by atoms with Crippen molar-refractivity contribution in [2.45, 2.75) is 444 Å². The van der Waals surface area contributed by atoms with Crippen LogP contribution >= 0.6 is 15.6 Å². The van der Waals surface area contributed by atoms with Crippen molar-refractivity contribution in [3.05, 3.63) is 48.6 Å². The van der Waals surface area contributed by atoms with Crippen LogP contribution in [0, 0.1) is 0 Å². The molecule has 2 unspecified atom stereocenters. The Morgan fingerprint density at radius 1 is 0.264 bits per heavy atom. The van der Waals surface area contributed by atoms with Crippen LogP contribution < -0.4 is 0 Å². The second-order valence-corrected chi connectivity index (χ2v) is 32.8. The average Bonchev–Trinajstić information content (AvgIpc) is 0.902. The summed E-state index contributed by atoms with van der Waals surface area (Å²) < 4.78 is 68.8. The summed E-state index contributed by atoms with van der Waals surface area (Å²) in [5.41, 5.74) is 0. The largest absolute Gasteiger partial charge is 0.472 e. The molecule has 622 valence electrons. The van der Waals surface area contributed by atoms with Gasteiger partial charge in [-0.3, -0.25) is 37.3 Å². The smallest absolute Gasteiger partial charge is 0.462 e. The van der Waals surface area contributed by atoms with Gasteiger partial charge in [-0.05, 0) is 64.2 Å². The number of carbonyl (C=O) groups excluding carboxylic acids is 4. The summed E-state index contributed by atoms with van der Waals surface area (Å²) in [5.74, 6) is -2.19. The van der Waals surface area contributed by atoms with Gasteiger partial charge in [0.25, 0.3) is 0 Å². The standard InChI is InChI=1S/C87H162O17P2/c1-5-9-13-17-21-25-29-33-37-40-44-48-52-56-60-64-68-72-85(90)98-78-83(104-87(92)74-70-66-62-58-54-50-46-42-39-35-31-27-23-19-15-11-7-3)80-102-106(95,96)100-76-81(88)75-99-105(93,94)101-79-82(77-97-84(89)71-67-63-59-55-51-47-43-36-32-28-24-20-16-12-8-4)103-86(91)73-69-65-61-57-53-49-45-41-38-34-30-26-22-18-14-10-6-2/h23,27,35,39,46,50,58,62,81-83,88H,5-22,24-26,28-34,36-38,40-45,47-49,51-57,59-61,63-80H2,1-4H3,(H,93,94)(H,95,96)/b27-23-,39-35-,50-46-,62-58-/t81-,82+,83+/m0/s1. The molecule has 3 N–H and O–H groups in total. The van der Waals surface area contributed by atoms with Gasteiger partial charge >= 0.3 is 39.5 Å². The Labute approximate surface area is 648 Å². The first-order valence-electron chi connectivity index (χ1n) is 43.9. The van der Waals surface area contributed by atoms with E-state index in [4.69, 9.17) is 37.0 Å². The fourth-order valence-corrected chi connectivity index (χ4v) is 14.2. The molecule has 0 bridgehead atoms. The van der Waals surface area contributed by atoms with Gasteiger partial charge in [0.05, 0.1) is 26.4 Å². The van der Waals surface area contributed by atoms with Crippen molar-refractivity contribution in [3.8, 4) is 0 Å². The Balaban J connectivity index is 5.35. The number of hydrogen-bond donors (Lipinski definition) is 3. The maximum absolute atomic E-state index is 13.1. The number of rotatable bonds is 84. The number of phosphoric acid groups is 2. The lowest BCUT2D eigenvalue weighted by Gasteiger charge is -2.21. The van der Waals surface area contributed by atoms with Crippen molar-refractivity contribution in [2.24, 2.45) is 0 Å². The third-order valence-electron chi connectivity index (χ3n) is 19.3. The van der Waals surface area contributed by atoms with Crippen molar-refractivity contribution in [3.63, 3.8) is 0 Å². The molecule has 0 saturated carbocycles. The number of ether oxygens (including phenoxy) is 4. The highest BCUT2D eigenvalue weighted by molar-refractivity contribution is 7.47. The van der Waals surface area contributed by atoms with E-state index in [-0.39, 0.29) is 25.7 Å². The Morgan fingerprint density at radius 3 is 0.745 bits per heavy atom. The predicted octanol–water partition coefficient (Wildman–Crippen LogP) is 26.0. The van der Waals surface area contributed by atoms with Gasteiger partial charge in [0.1, 0.15) is 19.3 Å². The van der Waals surface area contributed by atoms with Crippen LogP contribution in [0.2, 0.25) is 0 Å². The summed E-state index contributed by atoms with van der Waals surface area (Å²) in [6.07, 6.45) is 80.8. The van der Waals surface area contributed by atoms with Gasteiger partial charge in [0.2, 0.25) is 0 Å². The van der Waals surface area contributed by atoms with Crippen LogP contribution in [0.25, 0.3) is 0 Å². The van der Waals surface area contributed by atoms with E-state index in [2.05, 4.69) is 64.2 Å². The predicted molar refractivity (Wildman–Crippen MR) is 437 cm³/mol. The van der Waals surface area contributed by atoms with Gasteiger partial charge < -0.3 is 33.8 Å². The molecule has 106 heavy (non-hydrogen) atoms. The van der Waals surface area contributed by atoms with Crippen molar-refractivity contribution in [1.82, 2.24) is 0 Å². The van der Waals surface area contributed by atoms with E-state index in [0.29, 0.717) is 32.1 Å². The third-order valence-corrected chi connectivity index (χ3v) is 21.2. The molecule has 0 spiro atoms. The first-order valence-corrected chi connectivity index (χ1v) is 46.9. The second kappa shape index (κ2) is 80.1. The SMILES string of the molecule is CCCCC/C=C\C/C=C\C/C=C\C/C=C\CCCC(=O)O[C@H](COC(=O)CCCCCCCCCCCCCCCCCCC)COP(=O)(O)OC[C@@H](O)COP(=O)(O)OC[C@@H](COC(=O)CCCCCCCCCCCCCCCCC)OC(=O)CCCCCCCCCCCCCCCCCCC. The number of aliphatic hydroxyl groups excluding tert-OH is 1. The van der Waals surface area contributed by atoms with Gasteiger partial charge in [0, 0.05) is 25.7 Å². The summed E-state index contributed by atoms with van der Waals surface area (Å²) in [5, 5.41) is 10.7. The summed E-state index contributed by atoms with van der Waals surface area (Å²) in [6.45, 7) is 4.93. The molecule has 17 nitrogen and oxygen atoms in total. The minimum absolute atomic E-state index is 0.0259. The van der Waals surface area contributed by atoms with Crippen LogP contribution in [-0.2, 0) is 65.4 Å². The van der Waals surface area contributed by atoms with E-state index < -0.39 is 97.5 Å². The molecular weight excluding hydrogens is 1380 g/mol. The highest BCUT2D eigenvalue weighted by atomic mass is 31.2. The number of esters is 4. The molecule has 0 aromatic heterocycles. The van der Waals surface area contributed by atoms with E-state index in [1.807, 2.05) is 12.2 Å². The van der Waals surface area contributed by atoms with Crippen LogP contribution in [-0.4, -0.2) is 96.7 Å². The lowest BCUT2D eigenvalue weighted by molar-refractivity contribution is -0.161. The zero-order valence-corrected chi connectivity index (χ0v) is 70.2. The lowest BCUT2D eigenvalue weighted by atomic mass is 10.0. The Kier molecular flexibility index (Phi) is 77.8.